The third kappa shape index (κ3) is 13.1. The number of nitrogens with zero attached hydrogens (tertiary/aromatic N) is 1. The summed E-state index contributed by atoms with van der Waals surface area (Å²) in [5.74, 6) is -1.72. The topological polar surface area (TPSA) is 131 Å². The van der Waals surface area contributed by atoms with E-state index in [1.165, 1.54) is 4.90 Å². The number of ether oxygens (including phenoxy) is 1. The van der Waals surface area contributed by atoms with Gasteiger partial charge in [0.25, 0.3) is 0 Å². The molecule has 0 aliphatic carbocycles. The van der Waals surface area contributed by atoms with Crippen molar-refractivity contribution in [1.29, 1.82) is 0 Å². The lowest BCUT2D eigenvalue weighted by atomic mass is 9.98. The van der Waals surface area contributed by atoms with E-state index in [1.54, 1.807) is 39.0 Å². The summed E-state index contributed by atoms with van der Waals surface area (Å²) in [7, 11) is 0. The molecule has 4 N–H and O–H groups in total. The Labute approximate surface area is 240 Å². The molecule has 224 valence electrons. The highest BCUT2D eigenvalue weighted by atomic mass is 16.6. The van der Waals surface area contributed by atoms with Crippen molar-refractivity contribution in [1.82, 2.24) is 15.5 Å². The number of alkyl carbamates (subject to hydrolysis) is 1. The van der Waals surface area contributed by atoms with E-state index in [9.17, 15) is 19.2 Å². The van der Waals surface area contributed by atoms with Gasteiger partial charge in [-0.1, -0.05) is 69.9 Å². The van der Waals surface area contributed by atoms with Crippen LogP contribution >= 0.6 is 0 Å². The van der Waals surface area contributed by atoms with Crippen LogP contribution in [-0.4, -0.2) is 52.4 Å². The molecule has 1 aromatic carbocycles. The van der Waals surface area contributed by atoms with E-state index in [0.717, 1.165) is 37.7 Å². The third-order valence-electron chi connectivity index (χ3n) is 5.95. The van der Waals surface area contributed by atoms with E-state index in [1.807, 2.05) is 32.9 Å². The monoisotopic (exact) mass is 558 g/mol. The average molecular weight is 559 g/mol. The van der Waals surface area contributed by atoms with Crippen LogP contribution in [0, 0.1) is 0 Å². The maximum atomic E-state index is 14.1. The molecule has 0 spiro atoms. The summed E-state index contributed by atoms with van der Waals surface area (Å²) in [6.07, 6.45) is 6.23. The van der Waals surface area contributed by atoms with Crippen LogP contribution in [-0.2, 0) is 19.1 Å². The first kappa shape index (κ1) is 34.7. The van der Waals surface area contributed by atoms with Gasteiger partial charge in [0, 0.05) is 12.1 Å². The molecule has 40 heavy (non-hydrogen) atoms. The molecule has 2 unspecified atom stereocenters. The second kappa shape index (κ2) is 16.0. The van der Waals surface area contributed by atoms with Gasteiger partial charge >= 0.3 is 6.09 Å². The molecule has 0 radical (unpaired) electrons. The fourth-order valence-electron chi connectivity index (χ4n) is 4.25. The van der Waals surface area contributed by atoms with Crippen molar-refractivity contribution in [2.75, 3.05) is 6.54 Å². The van der Waals surface area contributed by atoms with Crippen LogP contribution in [0.25, 0.3) is 6.08 Å². The predicted molar refractivity (Wildman–Crippen MR) is 159 cm³/mol. The van der Waals surface area contributed by atoms with Crippen LogP contribution in [0.4, 0.5) is 4.79 Å². The maximum Gasteiger partial charge on any atom is 0.408 e. The third-order valence-corrected chi connectivity index (χ3v) is 5.95. The summed E-state index contributed by atoms with van der Waals surface area (Å²) in [5.41, 5.74) is 5.48. The molecule has 0 bridgehead atoms. The van der Waals surface area contributed by atoms with E-state index >= 15 is 0 Å². The molecule has 0 saturated carbocycles. The second-order valence-electron chi connectivity index (χ2n) is 12.2. The Balaban J connectivity index is 3.54. The lowest BCUT2D eigenvalue weighted by molar-refractivity contribution is -0.144. The first-order valence-electron chi connectivity index (χ1n) is 14.2. The zero-order valence-corrected chi connectivity index (χ0v) is 25.5. The molecular weight excluding hydrogens is 508 g/mol. The van der Waals surface area contributed by atoms with Crippen molar-refractivity contribution in [3.05, 3.63) is 42.0 Å². The van der Waals surface area contributed by atoms with Crippen LogP contribution in [0.1, 0.15) is 111 Å². The summed E-state index contributed by atoms with van der Waals surface area (Å²) < 4.78 is 5.34. The molecule has 4 amide bonds. The number of amides is 4. The van der Waals surface area contributed by atoms with Gasteiger partial charge in [0.2, 0.25) is 17.7 Å². The Morgan fingerprint density at radius 3 is 2.20 bits per heavy atom. The van der Waals surface area contributed by atoms with Crippen molar-refractivity contribution < 1.29 is 23.9 Å². The van der Waals surface area contributed by atoms with Crippen molar-refractivity contribution in [2.24, 2.45) is 5.73 Å². The maximum absolute atomic E-state index is 14.1. The number of hydrogen-bond acceptors (Lipinski definition) is 5. The number of rotatable bonds is 15. The Bertz CT molecular complexity index is 1010. The highest BCUT2D eigenvalue weighted by Crippen LogP contribution is 2.26. The highest BCUT2D eigenvalue weighted by molar-refractivity contribution is 5.94. The minimum atomic E-state index is -1.31. The standard InChI is InChI=1S/C31H50N4O5/c1-9-11-12-13-14-15-19-35(28(38)24(21-25(32)36)33-29(39)40-31(6,7)8)26(27(37)34-30(3,4)5)23-18-16-17-22(10-2)20-23/h10,16-18,20,24,26H,2,9,11-15,19,21H2,1,3-8H3,(H2,32,36)(H,33,39)(H,34,37). The molecule has 9 nitrogen and oxygen atoms in total. The number of primary amides is 1. The zero-order chi connectivity index (χ0) is 30.5. The lowest BCUT2D eigenvalue weighted by Gasteiger charge is -2.36. The van der Waals surface area contributed by atoms with Gasteiger partial charge < -0.3 is 26.0 Å². The molecule has 0 fully saturated rings. The van der Waals surface area contributed by atoms with Gasteiger partial charge in [-0.15, -0.1) is 0 Å². The number of nitrogens with two attached hydrogens (primary N) is 1. The van der Waals surface area contributed by atoms with Gasteiger partial charge in [-0.25, -0.2) is 4.79 Å². The van der Waals surface area contributed by atoms with Crippen molar-refractivity contribution in [3.8, 4) is 0 Å². The summed E-state index contributed by atoms with van der Waals surface area (Å²) >= 11 is 0. The smallest absolute Gasteiger partial charge is 0.408 e. The summed E-state index contributed by atoms with van der Waals surface area (Å²) in [4.78, 5) is 54.0. The highest BCUT2D eigenvalue weighted by Gasteiger charge is 2.37. The Morgan fingerprint density at radius 2 is 1.65 bits per heavy atom. The minimum absolute atomic E-state index is 0.247. The van der Waals surface area contributed by atoms with Gasteiger partial charge in [0.05, 0.1) is 6.42 Å². The number of hydrogen-bond donors (Lipinski definition) is 3. The fourth-order valence-corrected chi connectivity index (χ4v) is 4.25. The second-order valence-corrected chi connectivity index (χ2v) is 12.2. The largest absolute Gasteiger partial charge is 0.444 e. The molecule has 0 aliphatic heterocycles. The summed E-state index contributed by atoms with van der Waals surface area (Å²) in [5, 5.41) is 5.52. The molecule has 0 saturated heterocycles. The summed E-state index contributed by atoms with van der Waals surface area (Å²) in [6, 6.07) is 4.93. The van der Waals surface area contributed by atoms with Crippen LogP contribution in [0.5, 0.6) is 0 Å². The van der Waals surface area contributed by atoms with Crippen LogP contribution in [0.15, 0.2) is 30.8 Å². The number of nitrogens with one attached hydrogen (secondary N) is 2. The molecule has 0 heterocycles. The summed E-state index contributed by atoms with van der Waals surface area (Å²) in [6.45, 7) is 16.9. The Kier molecular flexibility index (Phi) is 13.9. The van der Waals surface area contributed by atoms with Gasteiger partial charge in [-0.3, -0.25) is 14.4 Å². The molecule has 1 aromatic rings. The van der Waals surface area contributed by atoms with E-state index < -0.39 is 47.6 Å². The molecule has 9 heteroatoms. The molecule has 1 rings (SSSR count). The van der Waals surface area contributed by atoms with E-state index in [0.29, 0.717) is 12.0 Å². The lowest BCUT2D eigenvalue weighted by Crippen LogP contribution is -2.55. The minimum Gasteiger partial charge on any atom is -0.444 e. The number of benzene rings is 1. The first-order chi connectivity index (χ1) is 18.6. The number of carbonyl (C=O) groups is 4. The molecule has 0 aromatic heterocycles. The predicted octanol–water partition coefficient (Wildman–Crippen LogP) is 5.24. The van der Waals surface area contributed by atoms with E-state index in [4.69, 9.17) is 10.5 Å². The molecular formula is C31H50N4O5. The van der Waals surface area contributed by atoms with Gasteiger partial charge in [0.1, 0.15) is 17.7 Å². The fraction of sp³-hybridized carbons (Fsp3) is 0.613. The Hall–Kier alpha value is -3.36. The SMILES string of the molecule is C=Cc1cccc(C(C(=O)NC(C)(C)C)N(CCCCCCCC)C(=O)C(CC(N)=O)NC(=O)OC(C)(C)C)c1. The Morgan fingerprint density at radius 1 is 1.02 bits per heavy atom. The zero-order valence-electron chi connectivity index (χ0n) is 25.5. The van der Waals surface area contributed by atoms with Crippen molar-refractivity contribution >= 4 is 29.9 Å². The normalized spacial score (nSPS) is 13.1. The van der Waals surface area contributed by atoms with Crippen LogP contribution in [0.3, 0.4) is 0 Å². The van der Waals surface area contributed by atoms with Crippen LogP contribution in [0.2, 0.25) is 0 Å². The number of unbranched alkanes of at least 4 members (excludes halogenated alkanes) is 5. The molecule has 0 aliphatic rings. The van der Waals surface area contributed by atoms with Gasteiger partial charge in [-0.05, 0) is 65.2 Å². The van der Waals surface area contributed by atoms with E-state index in [-0.39, 0.29) is 12.5 Å². The van der Waals surface area contributed by atoms with Crippen molar-refractivity contribution in [2.45, 2.75) is 117 Å². The van der Waals surface area contributed by atoms with Crippen molar-refractivity contribution in [3.63, 3.8) is 0 Å². The first-order valence-corrected chi connectivity index (χ1v) is 14.2. The van der Waals surface area contributed by atoms with Crippen LogP contribution < -0.4 is 16.4 Å². The molecule has 2 atom stereocenters. The van der Waals surface area contributed by atoms with Gasteiger partial charge in [-0.2, -0.15) is 0 Å². The number of carbonyl (C=O) groups excluding carboxylic acids is 4. The quantitative estimate of drug-likeness (QED) is 0.253. The van der Waals surface area contributed by atoms with E-state index in [2.05, 4.69) is 24.1 Å². The van der Waals surface area contributed by atoms with Gasteiger partial charge in [0.15, 0.2) is 0 Å². The average Bonchev–Trinajstić information content (AvgIpc) is 2.82.